The Morgan fingerprint density at radius 1 is 1.16 bits per heavy atom. The number of hydrogen-bond donors (Lipinski definition) is 3. The highest BCUT2D eigenvalue weighted by Crippen LogP contribution is 2.54. The molecule has 186 valence electrons. The van der Waals surface area contributed by atoms with Crippen LogP contribution in [-0.4, -0.2) is 42.9 Å². The zero-order valence-electron chi connectivity index (χ0n) is 20.3. The van der Waals surface area contributed by atoms with Crippen molar-refractivity contribution in [2.75, 3.05) is 11.4 Å². The van der Waals surface area contributed by atoms with Gasteiger partial charge in [0.05, 0.1) is 29.3 Å². The fraction of sp³-hybridized carbons (Fsp3) is 0.321. The topological polar surface area (TPSA) is 120 Å². The number of amides is 1. The van der Waals surface area contributed by atoms with E-state index in [1.54, 1.807) is 0 Å². The van der Waals surface area contributed by atoms with Crippen molar-refractivity contribution in [1.29, 1.82) is 0 Å². The van der Waals surface area contributed by atoms with Gasteiger partial charge >= 0.3 is 6.09 Å². The van der Waals surface area contributed by atoms with Crippen LogP contribution in [0.15, 0.2) is 54.9 Å². The van der Waals surface area contributed by atoms with E-state index in [0.29, 0.717) is 5.65 Å². The number of fused-ring (bicyclic) bond motifs is 3. The van der Waals surface area contributed by atoms with Crippen molar-refractivity contribution in [3.8, 4) is 0 Å². The molecule has 0 bridgehead atoms. The monoisotopic (exact) mass is 493 g/mol. The van der Waals surface area contributed by atoms with Crippen LogP contribution < -0.4 is 10.2 Å². The minimum absolute atomic E-state index is 0.153. The molecule has 3 aliphatic rings. The molecule has 3 N–H and O–H groups in total. The Hall–Kier alpha value is -4.27. The maximum absolute atomic E-state index is 11.6. The first-order chi connectivity index (χ1) is 18.1. The Morgan fingerprint density at radius 3 is 2.95 bits per heavy atom. The number of allylic oxidation sites excluding steroid dienone is 2. The van der Waals surface area contributed by atoms with Crippen LogP contribution in [0.3, 0.4) is 0 Å². The summed E-state index contributed by atoms with van der Waals surface area (Å²) in [6.07, 6.45) is 10.3. The summed E-state index contributed by atoms with van der Waals surface area (Å²) in [4.78, 5) is 28.0. The zero-order valence-corrected chi connectivity index (χ0v) is 20.3. The largest absolute Gasteiger partial charge is 0.465 e. The Bertz CT molecular complexity index is 1560. The molecule has 1 aromatic carbocycles. The average molecular weight is 494 g/mol. The third kappa shape index (κ3) is 3.56. The zero-order chi connectivity index (χ0) is 25.0. The SMILES string of the molecule is O=C(O)NC1c2ccccc2CC12CC=C(c1cnc3c(N4CCCc5ncccc54)n[nH]c3n1)CC2. The highest BCUT2D eigenvalue weighted by Gasteiger charge is 2.47. The van der Waals surface area contributed by atoms with Gasteiger partial charge in [-0.15, -0.1) is 0 Å². The fourth-order valence-electron chi connectivity index (χ4n) is 6.46. The third-order valence-corrected chi connectivity index (χ3v) is 8.22. The van der Waals surface area contributed by atoms with E-state index < -0.39 is 6.09 Å². The van der Waals surface area contributed by atoms with Gasteiger partial charge in [0.2, 0.25) is 0 Å². The lowest BCUT2D eigenvalue weighted by Crippen LogP contribution is -2.39. The minimum Gasteiger partial charge on any atom is -0.465 e. The predicted molar refractivity (Wildman–Crippen MR) is 140 cm³/mol. The highest BCUT2D eigenvalue weighted by molar-refractivity contribution is 5.87. The van der Waals surface area contributed by atoms with Gasteiger partial charge in [0.1, 0.15) is 0 Å². The number of aromatic nitrogens is 5. The van der Waals surface area contributed by atoms with Gasteiger partial charge in [-0.3, -0.25) is 10.1 Å². The number of nitrogens with zero attached hydrogens (tertiary/aromatic N) is 5. The van der Waals surface area contributed by atoms with Gasteiger partial charge in [0.15, 0.2) is 17.0 Å². The van der Waals surface area contributed by atoms with E-state index in [0.717, 1.165) is 84.6 Å². The Kier molecular flexibility index (Phi) is 4.99. The summed E-state index contributed by atoms with van der Waals surface area (Å²) in [7, 11) is 0. The molecule has 1 spiro atoms. The van der Waals surface area contributed by atoms with E-state index in [1.807, 2.05) is 30.6 Å². The molecule has 7 rings (SSSR count). The molecule has 0 fully saturated rings. The highest BCUT2D eigenvalue weighted by atomic mass is 16.4. The average Bonchev–Trinajstić information content (AvgIpc) is 3.47. The summed E-state index contributed by atoms with van der Waals surface area (Å²) in [6.45, 7) is 0.864. The van der Waals surface area contributed by atoms with E-state index in [-0.39, 0.29) is 11.5 Å². The van der Waals surface area contributed by atoms with Crippen LogP contribution in [0.1, 0.15) is 54.2 Å². The normalized spacial score (nSPS) is 22.5. The summed E-state index contributed by atoms with van der Waals surface area (Å²) < 4.78 is 0. The molecule has 4 heterocycles. The molecule has 9 heteroatoms. The molecular formula is C28H27N7O2. The second-order valence-corrected chi connectivity index (χ2v) is 10.3. The molecule has 3 aromatic heterocycles. The first-order valence-electron chi connectivity index (χ1n) is 12.8. The number of anilines is 2. The van der Waals surface area contributed by atoms with Gasteiger partial charge in [-0.05, 0) is 67.4 Å². The van der Waals surface area contributed by atoms with Crippen molar-refractivity contribution in [2.24, 2.45) is 5.41 Å². The standard InChI is InChI=1S/C28H27N7O2/c36-27(37)32-24-19-6-2-1-5-18(19)15-28(24)11-9-17(10-12-28)21-16-30-23-25(31-21)33-34-26(23)35-14-4-7-20-22(35)8-3-13-29-20/h1-3,5-6,8-9,13,16,24,32H,4,7,10-12,14-15H2,(H,36,37)(H,31,33,34). The van der Waals surface area contributed by atoms with Crippen molar-refractivity contribution in [3.05, 3.63) is 77.4 Å². The Labute approximate surface area is 213 Å². The molecule has 0 radical (unpaired) electrons. The number of aromatic amines is 1. The van der Waals surface area contributed by atoms with Gasteiger partial charge < -0.3 is 15.3 Å². The first kappa shape index (κ1) is 22.0. The van der Waals surface area contributed by atoms with Gasteiger partial charge in [0, 0.05) is 18.2 Å². The lowest BCUT2D eigenvalue weighted by molar-refractivity contribution is 0.156. The number of aryl methyl sites for hydroxylation is 1. The maximum atomic E-state index is 11.6. The van der Waals surface area contributed by atoms with Crippen LogP contribution in [0.25, 0.3) is 16.7 Å². The van der Waals surface area contributed by atoms with E-state index >= 15 is 0 Å². The number of benzene rings is 1. The van der Waals surface area contributed by atoms with Crippen LogP contribution in [0.2, 0.25) is 0 Å². The molecule has 0 saturated heterocycles. The van der Waals surface area contributed by atoms with E-state index in [4.69, 9.17) is 9.97 Å². The molecule has 37 heavy (non-hydrogen) atoms. The molecule has 2 aliphatic carbocycles. The molecule has 2 atom stereocenters. The lowest BCUT2D eigenvalue weighted by Gasteiger charge is -2.38. The summed E-state index contributed by atoms with van der Waals surface area (Å²) in [5.74, 6) is 0.783. The summed E-state index contributed by atoms with van der Waals surface area (Å²) in [6, 6.07) is 12.0. The van der Waals surface area contributed by atoms with Crippen molar-refractivity contribution in [3.63, 3.8) is 0 Å². The number of H-pyrrole nitrogens is 1. The first-order valence-corrected chi connectivity index (χ1v) is 12.8. The molecule has 1 aliphatic heterocycles. The predicted octanol–water partition coefficient (Wildman–Crippen LogP) is 4.95. The number of rotatable bonds is 3. The second kappa shape index (κ2) is 8.40. The molecule has 2 unspecified atom stereocenters. The van der Waals surface area contributed by atoms with Crippen LogP contribution in [-0.2, 0) is 12.8 Å². The molecule has 1 amide bonds. The smallest absolute Gasteiger partial charge is 0.405 e. The van der Waals surface area contributed by atoms with Crippen molar-refractivity contribution < 1.29 is 9.90 Å². The van der Waals surface area contributed by atoms with Gasteiger partial charge in [-0.25, -0.2) is 14.8 Å². The quantitative estimate of drug-likeness (QED) is 0.369. The Balaban J connectivity index is 1.18. The molecule has 0 saturated carbocycles. The van der Waals surface area contributed by atoms with Crippen molar-refractivity contribution in [2.45, 2.75) is 44.6 Å². The van der Waals surface area contributed by atoms with Crippen LogP contribution in [0, 0.1) is 5.41 Å². The number of pyridine rings is 1. The van der Waals surface area contributed by atoms with Gasteiger partial charge in [0.25, 0.3) is 0 Å². The number of carboxylic acid groups (broad SMARTS) is 1. The third-order valence-electron chi connectivity index (χ3n) is 8.22. The van der Waals surface area contributed by atoms with E-state index in [2.05, 4.69) is 49.7 Å². The molecule has 4 aromatic rings. The second-order valence-electron chi connectivity index (χ2n) is 10.3. The van der Waals surface area contributed by atoms with Gasteiger partial charge in [-0.2, -0.15) is 5.10 Å². The van der Waals surface area contributed by atoms with Gasteiger partial charge in [-0.1, -0.05) is 30.3 Å². The van der Waals surface area contributed by atoms with Crippen molar-refractivity contribution >= 4 is 34.3 Å². The van der Waals surface area contributed by atoms with Crippen LogP contribution >= 0.6 is 0 Å². The molecular weight excluding hydrogens is 466 g/mol. The van der Waals surface area contributed by atoms with E-state index in [1.165, 1.54) is 5.56 Å². The number of carbonyl (C=O) groups is 1. The number of nitrogens with one attached hydrogen (secondary N) is 2. The summed E-state index contributed by atoms with van der Waals surface area (Å²) >= 11 is 0. The lowest BCUT2D eigenvalue weighted by atomic mass is 9.70. The summed E-state index contributed by atoms with van der Waals surface area (Å²) in [5.41, 5.74) is 7.76. The minimum atomic E-state index is -0.977. The fourth-order valence-corrected chi connectivity index (χ4v) is 6.46. The van der Waals surface area contributed by atoms with Crippen LogP contribution in [0.5, 0.6) is 0 Å². The summed E-state index contributed by atoms with van der Waals surface area (Å²) in [5, 5.41) is 20.0. The van der Waals surface area contributed by atoms with Crippen LogP contribution in [0.4, 0.5) is 16.3 Å². The van der Waals surface area contributed by atoms with E-state index in [9.17, 15) is 9.90 Å². The maximum Gasteiger partial charge on any atom is 0.405 e. The number of hydrogen-bond acceptors (Lipinski definition) is 6. The molecule has 9 nitrogen and oxygen atoms in total. The Morgan fingerprint density at radius 2 is 2.08 bits per heavy atom. The van der Waals surface area contributed by atoms with Crippen molar-refractivity contribution in [1.82, 2.24) is 30.5 Å².